The van der Waals surface area contributed by atoms with Crippen molar-refractivity contribution in [3.8, 4) is 11.5 Å². The van der Waals surface area contributed by atoms with Crippen LogP contribution in [0.2, 0.25) is 5.02 Å². The third-order valence-corrected chi connectivity index (χ3v) is 6.19. The van der Waals surface area contributed by atoms with Crippen LogP contribution >= 0.6 is 11.6 Å². The van der Waals surface area contributed by atoms with E-state index in [0.717, 1.165) is 30.9 Å². The van der Waals surface area contributed by atoms with E-state index in [4.69, 9.17) is 21.1 Å². The molecule has 0 aliphatic carbocycles. The van der Waals surface area contributed by atoms with Gasteiger partial charge in [0.1, 0.15) is 11.5 Å². The third-order valence-electron chi connectivity index (χ3n) is 5.87. The van der Waals surface area contributed by atoms with E-state index in [1.807, 2.05) is 24.3 Å². The molecule has 29 heavy (non-hydrogen) atoms. The molecule has 0 N–H and O–H groups in total. The van der Waals surface area contributed by atoms with E-state index >= 15 is 0 Å². The maximum absolute atomic E-state index is 14.3. The van der Waals surface area contributed by atoms with E-state index in [2.05, 4.69) is 9.80 Å². The van der Waals surface area contributed by atoms with E-state index in [0.29, 0.717) is 23.6 Å². The lowest BCUT2D eigenvalue weighted by molar-refractivity contribution is -0.125. The minimum absolute atomic E-state index is 0.0850. The highest BCUT2D eigenvalue weighted by molar-refractivity contribution is 6.32. The fourth-order valence-corrected chi connectivity index (χ4v) is 4.61. The van der Waals surface area contributed by atoms with E-state index in [1.165, 1.54) is 13.2 Å². The summed E-state index contributed by atoms with van der Waals surface area (Å²) in [6, 6.07) is 10.7. The number of Topliss-reactive ketones (excluding diaryl/α,β-unsaturated/α-hetero) is 1. The number of halogens is 2. The van der Waals surface area contributed by atoms with Crippen LogP contribution in [0.15, 0.2) is 36.4 Å². The zero-order valence-corrected chi connectivity index (χ0v) is 17.3. The van der Waals surface area contributed by atoms with Crippen LogP contribution < -0.4 is 14.4 Å². The van der Waals surface area contributed by atoms with Crippen LogP contribution in [0.25, 0.3) is 0 Å². The second-order valence-corrected chi connectivity index (χ2v) is 7.92. The first-order valence-electron chi connectivity index (χ1n) is 9.69. The van der Waals surface area contributed by atoms with Gasteiger partial charge in [-0.1, -0.05) is 17.7 Å². The van der Waals surface area contributed by atoms with Crippen LogP contribution in [0.5, 0.6) is 11.5 Å². The highest BCUT2D eigenvalue weighted by Crippen LogP contribution is 2.37. The molecule has 2 fully saturated rings. The number of ketones is 1. The molecular formula is C22H24ClFN2O3. The van der Waals surface area contributed by atoms with Gasteiger partial charge in [0.05, 0.1) is 19.2 Å². The largest absolute Gasteiger partial charge is 0.495 e. The number of ether oxygens (including phenoxy) is 2. The topological polar surface area (TPSA) is 42.0 Å². The molecule has 0 aromatic heterocycles. The Kier molecular flexibility index (Phi) is 5.65. The van der Waals surface area contributed by atoms with E-state index in [1.54, 1.807) is 13.2 Å². The highest BCUT2D eigenvalue weighted by Gasteiger charge is 2.39. The molecule has 0 spiro atoms. The second-order valence-electron chi connectivity index (χ2n) is 7.51. The molecule has 4 rings (SSSR count). The van der Waals surface area contributed by atoms with Gasteiger partial charge in [-0.25, -0.2) is 4.39 Å². The first-order valence-corrected chi connectivity index (χ1v) is 10.1. The van der Waals surface area contributed by atoms with Gasteiger partial charge in [0.15, 0.2) is 11.6 Å². The average molecular weight is 419 g/mol. The lowest BCUT2D eigenvalue weighted by Gasteiger charge is -2.48. The molecule has 2 heterocycles. The maximum Gasteiger partial charge on any atom is 0.165 e. The molecule has 0 amide bonds. The van der Waals surface area contributed by atoms with Crippen molar-refractivity contribution in [1.29, 1.82) is 0 Å². The van der Waals surface area contributed by atoms with Crippen LogP contribution in [0.4, 0.5) is 10.1 Å². The SMILES string of the molecule is COc1ccc([C@H]2CC(=O)C[C@@H]3CN(c4ccc(Cl)c(OC)c4)CCN32)cc1F. The molecule has 2 aliphatic heterocycles. The van der Waals surface area contributed by atoms with Crippen LogP contribution in [-0.2, 0) is 4.79 Å². The lowest BCUT2D eigenvalue weighted by atomic mass is 9.88. The highest BCUT2D eigenvalue weighted by atomic mass is 35.5. The van der Waals surface area contributed by atoms with Crippen LogP contribution in [-0.4, -0.2) is 50.6 Å². The first-order chi connectivity index (χ1) is 14.0. The van der Waals surface area contributed by atoms with Gasteiger partial charge in [-0.2, -0.15) is 0 Å². The summed E-state index contributed by atoms with van der Waals surface area (Å²) in [7, 11) is 3.05. The molecule has 0 radical (unpaired) electrons. The summed E-state index contributed by atoms with van der Waals surface area (Å²) in [5, 5.41) is 0.573. The number of benzene rings is 2. The standard InChI is InChI=1S/C22H24ClFN2O3/c1-28-21-6-3-14(9-19(21)24)20-12-17(27)10-16-13-25(7-8-26(16)20)15-4-5-18(23)22(11-15)29-2/h3-6,9,11,16,20H,7-8,10,12-13H2,1-2H3/t16-,20-/m1/s1. The second kappa shape index (κ2) is 8.20. The van der Waals surface area contributed by atoms with Crippen LogP contribution in [0.3, 0.4) is 0 Å². The van der Waals surface area contributed by atoms with Crippen molar-refractivity contribution in [3.05, 3.63) is 52.8 Å². The molecule has 2 aromatic rings. The van der Waals surface area contributed by atoms with E-state index < -0.39 is 5.82 Å². The number of carbonyl (C=O) groups is 1. The molecule has 7 heteroatoms. The summed E-state index contributed by atoms with van der Waals surface area (Å²) in [5.74, 6) is 0.668. The number of piperidine rings is 1. The summed E-state index contributed by atoms with van der Waals surface area (Å²) in [6.45, 7) is 2.33. The molecule has 0 bridgehead atoms. The van der Waals surface area contributed by atoms with Crippen molar-refractivity contribution in [3.63, 3.8) is 0 Å². The zero-order chi connectivity index (χ0) is 20.5. The van der Waals surface area contributed by atoms with E-state index in [-0.39, 0.29) is 23.6 Å². The smallest absolute Gasteiger partial charge is 0.165 e. The van der Waals surface area contributed by atoms with Crippen molar-refractivity contribution in [1.82, 2.24) is 4.90 Å². The Morgan fingerprint density at radius 2 is 1.83 bits per heavy atom. The third kappa shape index (κ3) is 3.91. The minimum atomic E-state index is -0.397. The van der Waals surface area contributed by atoms with Gasteiger partial charge in [-0.3, -0.25) is 9.69 Å². The van der Waals surface area contributed by atoms with Crippen molar-refractivity contribution >= 4 is 23.1 Å². The number of hydrogen-bond donors (Lipinski definition) is 0. The number of anilines is 1. The number of nitrogens with zero attached hydrogens (tertiary/aromatic N) is 2. The summed E-state index contributed by atoms with van der Waals surface area (Å²) in [5.41, 5.74) is 1.85. The van der Waals surface area contributed by atoms with Crippen molar-refractivity contribution < 1.29 is 18.7 Å². The van der Waals surface area contributed by atoms with Crippen LogP contribution in [0, 0.1) is 5.82 Å². The Morgan fingerprint density at radius 1 is 1.03 bits per heavy atom. The predicted molar refractivity (Wildman–Crippen MR) is 111 cm³/mol. The van der Waals surface area contributed by atoms with Crippen molar-refractivity contribution in [2.24, 2.45) is 0 Å². The first kappa shape index (κ1) is 20.0. The molecule has 154 valence electrons. The quantitative estimate of drug-likeness (QED) is 0.748. The van der Waals surface area contributed by atoms with Crippen LogP contribution in [0.1, 0.15) is 24.4 Å². The van der Waals surface area contributed by atoms with Crippen molar-refractivity contribution in [2.45, 2.75) is 24.9 Å². The van der Waals surface area contributed by atoms with Gasteiger partial charge in [0, 0.05) is 56.3 Å². The van der Waals surface area contributed by atoms with Crippen molar-refractivity contribution in [2.75, 3.05) is 38.8 Å². The fourth-order valence-electron chi connectivity index (χ4n) is 4.42. The Morgan fingerprint density at radius 3 is 2.55 bits per heavy atom. The molecule has 2 aromatic carbocycles. The van der Waals surface area contributed by atoms with Gasteiger partial charge in [-0.05, 0) is 29.8 Å². The zero-order valence-electron chi connectivity index (χ0n) is 16.5. The number of fused-ring (bicyclic) bond motifs is 1. The molecule has 2 aliphatic rings. The summed E-state index contributed by atoms with van der Waals surface area (Å²) in [6.07, 6.45) is 0.924. The predicted octanol–water partition coefficient (Wildman–Crippen LogP) is 4.09. The normalized spacial score (nSPS) is 22.3. The van der Waals surface area contributed by atoms with Gasteiger partial charge >= 0.3 is 0 Å². The summed E-state index contributed by atoms with van der Waals surface area (Å²) < 4.78 is 24.6. The Bertz CT molecular complexity index is 923. The number of hydrogen-bond acceptors (Lipinski definition) is 5. The fraction of sp³-hybridized carbons (Fsp3) is 0.409. The van der Waals surface area contributed by atoms with E-state index in [9.17, 15) is 9.18 Å². The Hall–Kier alpha value is -2.31. The number of carbonyl (C=O) groups excluding carboxylic acids is 1. The van der Waals surface area contributed by atoms with Gasteiger partial charge in [0.2, 0.25) is 0 Å². The number of rotatable bonds is 4. The average Bonchev–Trinajstić information content (AvgIpc) is 2.73. The Balaban J connectivity index is 1.56. The molecule has 0 unspecified atom stereocenters. The summed E-state index contributed by atoms with van der Waals surface area (Å²) in [4.78, 5) is 17.1. The monoisotopic (exact) mass is 418 g/mol. The lowest BCUT2D eigenvalue weighted by Crippen LogP contribution is -2.57. The van der Waals surface area contributed by atoms with Gasteiger partial charge in [0.25, 0.3) is 0 Å². The molecule has 2 atom stereocenters. The van der Waals surface area contributed by atoms with Gasteiger partial charge in [-0.15, -0.1) is 0 Å². The molecule has 5 nitrogen and oxygen atoms in total. The number of piperazine rings is 1. The Labute approximate surface area is 175 Å². The molecular weight excluding hydrogens is 395 g/mol. The number of methoxy groups -OCH3 is 2. The minimum Gasteiger partial charge on any atom is -0.495 e. The maximum atomic E-state index is 14.3. The molecule has 2 saturated heterocycles. The molecule has 0 saturated carbocycles. The van der Waals surface area contributed by atoms with Gasteiger partial charge < -0.3 is 14.4 Å². The summed E-state index contributed by atoms with van der Waals surface area (Å²) >= 11 is 6.15.